The zero-order chi connectivity index (χ0) is 30.8. The largest absolute Gasteiger partial charge is 0.416 e. The summed E-state index contributed by atoms with van der Waals surface area (Å²) in [5.74, 6) is -1.00. The molecule has 0 aliphatic carbocycles. The van der Waals surface area contributed by atoms with Crippen LogP contribution >= 0.6 is 7.26 Å². The zero-order valence-corrected chi connectivity index (χ0v) is 24.2. The molecule has 4 aromatic carbocycles. The van der Waals surface area contributed by atoms with E-state index in [-0.39, 0.29) is 6.07 Å². The SMILES string of the molecule is CC(C)(C)[C@@H](C[P+](c1ccccc1)(c1ccccc1)c1ccccc1)NC(=O)c1cc(C(F)(F)F)cc(C(F)(F)F)c1. The van der Waals surface area contributed by atoms with Gasteiger partial charge in [-0.25, -0.2) is 0 Å². The second-order valence-corrected chi connectivity index (χ2v) is 14.7. The maximum absolute atomic E-state index is 13.5. The first-order valence-electron chi connectivity index (χ1n) is 13.3. The molecule has 42 heavy (non-hydrogen) atoms. The number of amides is 1. The third kappa shape index (κ3) is 6.87. The Balaban J connectivity index is 1.86. The van der Waals surface area contributed by atoms with Crippen LogP contribution in [0.1, 0.15) is 42.3 Å². The number of carbonyl (C=O) groups excluding carboxylic acids is 1. The normalized spacial score (nSPS) is 13.5. The molecule has 1 amide bonds. The second-order valence-electron chi connectivity index (χ2n) is 11.2. The van der Waals surface area contributed by atoms with E-state index in [0.29, 0.717) is 18.3 Å². The molecule has 0 saturated carbocycles. The van der Waals surface area contributed by atoms with Gasteiger partial charge in [0.05, 0.1) is 23.3 Å². The Bertz CT molecular complexity index is 1370. The van der Waals surface area contributed by atoms with E-state index in [4.69, 9.17) is 0 Å². The highest BCUT2D eigenvalue weighted by Gasteiger charge is 2.49. The summed E-state index contributed by atoms with van der Waals surface area (Å²) in [6.45, 7) is 5.67. The summed E-state index contributed by atoms with van der Waals surface area (Å²) in [6.07, 6.45) is -9.74. The molecule has 0 heterocycles. The summed E-state index contributed by atoms with van der Waals surface area (Å²) in [6, 6.07) is 29.8. The van der Waals surface area contributed by atoms with Crippen molar-refractivity contribution in [3.63, 3.8) is 0 Å². The minimum absolute atomic E-state index is 0.0226. The Hall–Kier alpha value is -3.64. The van der Waals surface area contributed by atoms with Crippen LogP contribution in [0.2, 0.25) is 0 Å². The van der Waals surface area contributed by atoms with Crippen LogP contribution in [0.25, 0.3) is 0 Å². The lowest BCUT2D eigenvalue weighted by Crippen LogP contribution is -2.50. The van der Waals surface area contributed by atoms with Crippen LogP contribution in [-0.4, -0.2) is 18.1 Å². The van der Waals surface area contributed by atoms with E-state index in [1.807, 2.05) is 112 Å². The van der Waals surface area contributed by atoms with Gasteiger partial charge in [0, 0.05) is 5.56 Å². The molecule has 0 radical (unpaired) electrons. The number of hydrogen-bond donors (Lipinski definition) is 1. The highest BCUT2D eigenvalue weighted by molar-refractivity contribution is 7.95. The Kier molecular flexibility index (Phi) is 8.89. The summed E-state index contributed by atoms with van der Waals surface area (Å²) < 4.78 is 81.3. The lowest BCUT2D eigenvalue weighted by atomic mass is 9.87. The number of alkyl halides is 6. The van der Waals surface area contributed by atoms with E-state index in [9.17, 15) is 31.1 Å². The molecule has 0 spiro atoms. The highest BCUT2D eigenvalue weighted by atomic mass is 31.2. The van der Waals surface area contributed by atoms with Gasteiger partial charge in [-0.1, -0.05) is 75.4 Å². The van der Waals surface area contributed by atoms with Crippen molar-refractivity contribution in [1.82, 2.24) is 5.32 Å². The first kappa shape index (κ1) is 31.3. The fourth-order valence-electron chi connectivity index (χ4n) is 4.95. The van der Waals surface area contributed by atoms with E-state index in [1.165, 1.54) is 0 Å². The lowest BCUT2D eigenvalue weighted by Gasteiger charge is -2.37. The maximum atomic E-state index is 13.5. The van der Waals surface area contributed by atoms with E-state index in [2.05, 4.69) is 5.32 Å². The minimum atomic E-state index is -5.06. The van der Waals surface area contributed by atoms with Gasteiger partial charge in [-0.2, -0.15) is 26.3 Å². The van der Waals surface area contributed by atoms with Crippen LogP contribution < -0.4 is 21.2 Å². The number of nitrogens with one attached hydrogen (secondary N) is 1. The molecule has 0 saturated heterocycles. The van der Waals surface area contributed by atoms with Gasteiger partial charge >= 0.3 is 12.4 Å². The van der Waals surface area contributed by atoms with Gasteiger partial charge < -0.3 is 5.32 Å². The van der Waals surface area contributed by atoms with Gasteiger partial charge in [0.2, 0.25) is 0 Å². The molecule has 0 fully saturated rings. The van der Waals surface area contributed by atoms with Crippen molar-refractivity contribution in [2.24, 2.45) is 5.41 Å². The van der Waals surface area contributed by atoms with Crippen molar-refractivity contribution in [2.75, 3.05) is 6.16 Å². The van der Waals surface area contributed by atoms with Gasteiger partial charge in [-0.3, -0.25) is 4.79 Å². The highest BCUT2D eigenvalue weighted by Crippen LogP contribution is 2.57. The van der Waals surface area contributed by atoms with Crippen molar-refractivity contribution in [3.8, 4) is 0 Å². The zero-order valence-electron chi connectivity index (χ0n) is 23.3. The van der Waals surface area contributed by atoms with Crippen LogP contribution in [0.5, 0.6) is 0 Å². The number of carbonyl (C=O) groups is 1. The predicted molar refractivity (Wildman–Crippen MR) is 157 cm³/mol. The molecule has 4 rings (SSSR count). The fraction of sp³-hybridized carbons (Fsp3) is 0.242. The van der Waals surface area contributed by atoms with E-state index >= 15 is 0 Å². The average Bonchev–Trinajstić information content (AvgIpc) is 2.95. The van der Waals surface area contributed by atoms with E-state index in [0.717, 1.165) is 15.9 Å². The molecule has 4 aromatic rings. The van der Waals surface area contributed by atoms with Gasteiger partial charge in [-0.05, 0) is 60.0 Å². The standard InChI is InChI=1S/C33H30F6NOP/c1-31(2,3)29(40-30(41)23-19-24(32(34,35)36)21-25(20-23)33(37,38)39)22-42(26-13-7-4-8-14-26,27-15-9-5-10-16-27)28-17-11-6-12-18-28/h4-21,29H,22H2,1-3H3/p+1/t29-/m1/s1. The Labute approximate surface area is 242 Å². The average molecular weight is 603 g/mol. The molecule has 0 unspecified atom stereocenters. The minimum Gasteiger partial charge on any atom is -0.345 e. The molecule has 220 valence electrons. The third-order valence-corrected chi connectivity index (χ3v) is 11.7. The van der Waals surface area contributed by atoms with Crippen molar-refractivity contribution in [3.05, 3.63) is 126 Å². The Morgan fingerprint density at radius 2 is 1.00 bits per heavy atom. The van der Waals surface area contributed by atoms with Crippen LogP contribution in [0.15, 0.2) is 109 Å². The van der Waals surface area contributed by atoms with Crippen molar-refractivity contribution < 1.29 is 31.1 Å². The predicted octanol–water partition coefficient (Wildman–Crippen LogP) is 7.86. The molecule has 0 aromatic heterocycles. The molecule has 0 bridgehead atoms. The topological polar surface area (TPSA) is 29.1 Å². The molecule has 9 heteroatoms. The molecular weight excluding hydrogens is 571 g/mol. The lowest BCUT2D eigenvalue weighted by molar-refractivity contribution is -0.143. The monoisotopic (exact) mass is 602 g/mol. The van der Waals surface area contributed by atoms with E-state index in [1.54, 1.807) is 0 Å². The van der Waals surface area contributed by atoms with Crippen LogP contribution in [-0.2, 0) is 12.4 Å². The van der Waals surface area contributed by atoms with Crippen LogP contribution in [0.4, 0.5) is 26.3 Å². The van der Waals surface area contributed by atoms with Crippen molar-refractivity contribution >= 4 is 29.1 Å². The number of hydrogen-bond acceptors (Lipinski definition) is 1. The molecular formula is C33H31F6NOP+. The van der Waals surface area contributed by atoms with Gasteiger partial charge in [0.15, 0.2) is 0 Å². The number of benzene rings is 4. The maximum Gasteiger partial charge on any atom is 0.416 e. The smallest absolute Gasteiger partial charge is 0.345 e. The molecule has 2 nitrogen and oxygen atoms in total. The summed E-state index contributed by atoms with van der Waals surface area (Å²) in [5, 5.41) is 5.94. The fourth-order valence-corrected chi connectivity index (χ4v) is 9.71. The van der Waals surface area contributed by atoms with E-state index < -0.39 is 53.7 Å². The van der Waals surface area contributed by atoms with Crippen LogP contribution in [0.3, 0.4) is 0 Å². The number of rotatable bonds is 7. The first-order valence-corrected chi connectivity index (χ1v) is 15.2. The quantitative estimate of drug-likeness (QED) is 0.169. The summed E-state index contributed by atoms with van der Waals surface area (Å²) in [7, 11) is -2.50. The Morgan fingerprint density at radius 1 is 0.643 bits per heavy atom. The molecule has 0 aliphatic heterocycles. The summed E-state index contributed by atoms with van der Waals surface area (Å²) in [5.41, 5.74) is -4.38. The van der Waals surface area contributed by atoms with Crippen LogP contribution in [0, 0.1) is 5.41 Å². The molecule has 0 aliphatic rings. The summed E-state index contributed by atoms with van der Waals surface area (Å²) >= 11 is 0. The van der Waals surface area contributed by atoms with Gasteiger partial charge in [0.25, 0.3) is 5.91 Å². The Morgan fingerprint density at radius 3 is 1.31 bits per heavy atom. The summed E-state index contributed by atoms with van der Waals surface area (Å²) in [4.78, 5) is 13.5. The second kappa shape index (κ2) is 11.9. The molecule has 1 atom stereocenters. The third-order valence-electron chi connectivity index (χ3n) is 7.25. The van der Waals surface area contributed by atoms with Crippen molar-refractivity contribution in [1.29, 1.82) is 0 Å². The first-order chi connectivity index (χ1) is 19.6. The number of halogens is 6. The van der Waals surface area contributed by atoms with Crippen molar-refractivity contribution in [2.45, 2.75) is 39.2 Å². The van der Waals surface area contributed by atoms with Gasteiger partial charge in [-0.15, -0.1) is 0 Å². The molecule has 1 N–H and O–H groups in total. The van der Waals surface area contributed by atoms with Gasteiger partial charge in [0.1, 0.15) is 23.2 Å².